The first-order valence-corrected chi connectivity index (χ1v) is 10.5. The molecule has 0 aliphatic rings. The third kappa shape index (κ3) is 7.16. The Morgan fingerprint density at radius 3 is 2.52 bits per heavy atom. The molecule has 1 aromatic heterocycles. The van der Waals surface area contributed by atoms with E-state index in [1.54, 1.807) is 12.1 Å². The van der Waals surface area contributed by atoms with Crippen molar-refractivity contribution in [3.8, 4) is 0 Å². The van der Waals surface area contributed by atoms with Gasteiger partial charge < -0.3 is 14.5 Å². The topological polar surface area (TPSA) is 97.6 Å². The molecule has 0 atom stereocenters. The fraction of sp³-hybridized carbons (Fsp3) is 0.421. The summed E-state index contributed by atoms with van der Waals surface area (Å²) in [6, 6.07) is 9.18. The normalized spacial score (nSPS) is 11.4. The third-order valence-corrected chi connectivity index (χ3v) is 5.25. The van der Waals surface area contributed by atoms with E-state index in [2.05, 4.69) is 17.0 Å². The Hall–Kier alpha value is -2.16. The van der Waals surface area contributed by atoms with E-state index >= 15 is 0 Å². The average Bonchev–Trinajstić information content (AvgIpc) is 3.19. The van der Waals surface area contributed by atoms with Crippen molar-refractivity contribution in [3.63, 3.8) is 0 Å². The number of benzene rings is 1. The number of hydrogen-bond acceptors (Lipinski definition) is 5. The maximum Gasteiger partial charge on any atom is 0.251 e. The minimum atomic E-state index is -3.67. The second kappa shape index (κ2) is 10.9. The van der Waals surface area contributed by atoms with Crippen LogP contribution in [0.3, 0.4) is 0 Å². The number of hydrogen-bond donors (Lipinski definition) is 2. The highest BCUT2D eigenvalue weighted by Gasteiger charge is 2.15. The molecule has 148 valence electrons. The van der Waals surface area contributed by atoms with Gasteiger partial charge in [0.05, 0.1) is 17.7 Å². The largest absolute Gasteiger partial charge is 0.468 e. The second-order valence-electron chi connectivity index (χ2n) is 6.00. The number of amides is 1. The summed E-state index contributed by atoms with van der Waals surface area (Å²) in [6.07, 6.45) is 4.35. The van der Waals surface area contributed by atoms with Gasteiger partial charge in [0.15, 0.2) is 0 Å². The molecule has 27 heavy (non-hydrogen) atoms. The molecular formula is C19H26N2O5S. The molecule has 1 amide bonds. The molecule has 1 aromatic carbocycles. The lowest BCUT2D eigenvalue weighted by molar-refractivity contribution is 0.0940. The fourth-order valence-corrected chi connectivity index (χ4v) is 3.27. The number of furan rings is 1. The lowest BCUT2D eigenvalue weighted by Gasteiger charge is -2.08. The zero-order valence-electron chi connectivity index (χ0n) is 15.4. The summed E-state index contributed by atoms with van der Waals surface area (Å²) in [5.74, 6) is 0.282. The highest BCUT2D eigenvalue weighted by atomic mass is 32.2. The van der Waals surface area contributed by atoms with Crippen LogP contribution < -0.4 is 10.0 Å². The van der Waals surface area contributed by atoms with Crippen LogP contribution in [-0.4, -0.2) is 34.1 Å². The van der Waals surface area contributed by atoms with E-state index in [-0.39, 0.29) is 17.3 Å². The van der Waals surface area contributed by atoms with Crippen molar-refractivity contribution in [2.75, 3.05) is 19.8 Å². The van der Waals surface area contributed by atoms with Gasteiger partial charge in [-0.3, -0.25) is 4.79 Å². The van der Waals surface area contributed by atoms with E-state index in [0.29, 0.717) is 24.5 Å². The Bertz CT molecular complexity index is 786. The molecule has 2 aromatic rings. The third-order valence-electron chi connectivity index (χ3n) is 3.84. The van der Waals surface area contributed by atoms with Crippen molar-refractivity contribution in [3.05, 3.63) is 54.0 Å². The van der Waals surface area contributed by atoms with E-state index in [9.17, 15) is 13.2 Å². The Balaban J connectivity index is 1.78. The van der Waals surface area contributed by atoms with Crippen LogP contribution in [0.4, 0.5) is 0 Å². The lowest BCUT2D eigenvalue weighted by atomic mass is 10.2. The van der Waals surface area contributed by atoms with Crippen molar-refractivity contribution in [1.82, 2.24) is 10.0 Å². The van der Waals surface area contributed by atoms with Crippen molar-refractivity contribution < 1.29 is 22.4 Å². The van der Waals surface area contributed by atoms with Crippen molar-refractivity contribution in [1.29, 1.82) is 0 Å². The van der Waals surface area contributed by atoms with Crippen LogP contribution in [0, 0.1) is 0 Å². The maximum absolute atomic E-state index is 12.3. The fourth-order valence-electron chi connectivity index (χ4n) is 2.27. The van der Waals surface area contributed by atoms with Gasteiger partial charge in [-0.25, -0.2) is 13.1 Å². The first-order valence-electron chi connectivity index (χ1n) is 9.01. The Morgan fingerprint density at radius 1 is 1.11 bits per heavy atom. The number of carbonyl (C=O) groups is 1. The Kier molecular flexibility index (Phi) is 8.50. The maximum atomic E-state index is 12.3. The predicted octanol–water partition coefficient (Wildman–Crippen LogP) is 2.69. The number of nitrogens with one attached hydrogen (secondary N) is 2. The molecule has 2 rings (SSSR count). The van der Waals surface area contributed by atoms with Crippen molar-refractivity contribution >= 4 is 15.9 Å². The molecule has 0 radical (unpaired) electrons. The molecule has 0 spiro atoms. The van der Waals surface area contributed by atoms with Gasteiger partial charge in [0.1, 0.15) is 5.76 Å². The van der Waals surface area contributed by atoms with Gasteiger partial charge in [0.25, 0.3) is 5.91 Å². The number of sulfonamides is 1. The van der Waals surface area contributed by atoms with E-state index < -0.39 is 10.0 Å². The summed E-state index contributed by atoms with van der Waals surface area (Å²) < 4.78 is 37.5. The van der Waals surface area contributed by atoms with Crippen LogP contribution in [0.15, 0.2) is 52.0 Å². The van der Waals surface area contributed by atoms with Crippen LogP contribution in [0.5, 0.6) is 0 Å². The summed E-state index contributed by atoms with van der Waals surface area (Å²) in [4.78, 5) is 12.2. The summed E-state index contributed by atoms with van der Waals surface area (Å²) in [5.41, 5.74) is 0.409. The highest BCUT2D eigenvalue weighted by Crippen LogP contribution is 2.11. The predicted molar refractivity (Wildman–Crippen MR) is 102 cm³/mol. The van der Waals surface area contributed by atoms with E-state index in [1.165, 1.54) is 30.5 Å². The van der Waals surface area contributed by atoms with Gasteiger partial charge in [-0.05, 0) is 49.2 Å². The van der Waals surface area contributed by atoms with Crippen LogP contribution in [0.1, 0.15) is 42.3 Å². The van der Waals surface area contributed by atoms with Gasteiger partial charge >= 0.3 is 0 Å². The average molecular weight is 394 g/mol. The van der Waals surface area contributed by atoms with Gasteiger partial charge in [-0.2, -0.15) is 0 Å². The quantitative estimate of drug-likeness (QED) is 0.540. The van der Waals surface area contributed by atoms with Crippen molar-refractivity contribution in [2.45, 2.75) is 37.6 Å². The van der Waals surface area contributed by atoms with E-state index in [1.807, 2.05) is 0 Å². The first kappa shape index (κ1) is 21.1. The smallest absolute Gasteiger partial charge is 0.251 e. The zero-order chi connectivity index (χ0) is 19.5. The molecular weight excluding hydrogens is 368 g/mol. The number of rotatable bonds is 12. The van der Waals surface area contributed by atoms with Crippen LogP contribution in [-0.2, 0) is 21.3 Å². The zero-order valence-corrected chi connectivity index (χ0v) is 16.3. The molecule has 0 aliphatic heterocycles. The highest BCUT2D eigenvalue weighted by molar-refractivity contribution is 7.89. The molecule has 0 bridgehead atoms. The Morgan fingerprint density at radius 2 is 1.85 bits per heavy atom. The Labute approximate surface area is 160 Å². The summed E-state index contributed by atoms with van der Waals surface area (Å²) in [5, 5.41) is 2.80. The van der Waals surface area contributed by atoms with Crippen LogP contribution in [0.25, 0.3) is 0 Å². The first-order chi connectivity index (χ1) is 13.0. The second-order valence-corrected chi connectivity index (χ2v) is 7.77. The summed E-state index contributed by atoms with van der Waals surface area (Å²) in [6.45, 7) is 4.04. The molecule has 0 aliphatic carbocycles. The molecule has 2 N–H and O–H groups in total. The van der Waals surface area contributed by atoms with E-state index in [0.717, 1.165) is 25.9 Å². The molecule has 0 saturated carbocycles. The number of unbranched alkanes of at least 4 members (excludes halogenated alkanes) is 1. The summed E-state index contributed by atoms with van der Waals surface area (Å²) in [7, 11) is -3.67. The lowest BCUT2D eigenvalue weighted by Crippen LogP contribution is -2.26. The van der Waals surface area contributed by atoms with Gasteiger partial charge in [-0.1, -0.05) is 13.3 Å². The van der Waals surface area contributed by atoms with Gasteiger partial charge in [0, 0.05) is 25.3 Å². The standard InChI is InChI=1S/C19H26N2O5S/c1-2-3-12-25-13-5-11-20-19(22)16-7-9-18(10-8-16)27(23,24)21-15-17-6-4-14-26-17/h4,6-10,14,21H,2-3,5,11-13,15H2,1H3,(H,20,22). The molecule has 0 saturated heterocycles. The number of ether oxygens (including phenoxy) is 1. The molecule has 0 unspecified atom stereocenters. The van der Waals surface area contributed by atoms with Crippen LogP contribution >= 0.6 is 0 Å². The number of carbonyl (C=O) groups excluding carboxylic acids is 1. The van der Waals surface area contributed by atoms with Gasteiger partial charge in [0.2, 0.25) is 10.0 Å². The minimum Gasteiger partial charge on any atom is -0.468 e. The summed E-state index contributed by atoms with van der Waals surface area (Å²) >= 11 is 0. The van der Waals surface area contributed by atoms with Crippen molar-refractivity contribution in [2.24, 2.45) is 0 Å². The van der Waals surface area contributed by atoms with E-state index in [4.69, 9.17) is 9.15 Å². The molecule has 7 nitrogen and oxygen atoms in total. The van der Waals surface area contributed by atoms with Crippen LogP contribution in [0.2, 0.25) is 0 Å². The monoisotopic (exact) mass is 394 g/mol. The van der Waals surface area contributed by atoms with Gasteiger partial charge in [-0.15, -0.1) is 0 Å². The minimum absolute atomic E-state index is 0.0674. The molecule has 0 fully saturated rings. The SMILES string of the molecule is CCCCOCCCNC(=O)c1ccc(S(=O)(=O)NCc2ccco2)cc1. The molecule has 8 heteroatoms. The molecule has 1 heterocycles.